The van der Waals surface area contributed by atoms with Gasteiger partial charge in [0.15, 0.2) is 0 Å². The van der Waals surface area contributed by atoms with Gasteiger partial charge in [0, 0.05) is 12.0 Å². The van der Waals surface area contributed by atoms with E-state index in [2.05, 4.69) is 31.0 Å². The molecule has 1 aromatic carbocycles. The van der Waals surface area contributed by atoms with E-state index in [1.165, 1.54) is 0 Å². The molecule has 2 rings (SSSR count). The SMILES string of the molecule is CC(C)(C)Cc1nnc(-c2ccc(B(O)O)cc2)s1. The van der Waals surface area contributed by atoms with Gasteiger partial charge in [0.1, 0.15) is 10.0 Å². The van der Waals surface area contributed by atoms with E-state index >= 15 is 0 Å². The Morgan fingerprint density at radius 1 is 1.11 bits per heavy atom. The number of hydrogen-bond acceptors (Lipinski definition) is 5. The fourth-order valence-corrected chi connectivity index (χ4v) is 2.84. The minimum Gasteiger partial charge on any atom is -0.423 e. The van der Waals surface area contributed by atoms with Gasteiger partial charge in [-0.2, -0.15) is 0 Å². The van der Waals surface area contributed by atoms with Gasteiger partial charge in [0.2, 0.25) is 0 Å². The zero-order valence-electron chi connectivity index (χ0n) is 11.3. The highest BCUT2D eigenvalue weighted by atomic mass is 32.1. The molecule has 4 nitrogen and oxygen atoms in total. The molecule has 0 saturated heterocycles. The van der Waals surface area contributed by atoms with E-state index in [1.807, 2.05) is 12.1 Å². The van der Waals surface area contributed by atoms with E-state index in [9.17, 15) is 0 Å². The summed E-state index contributed by atoms with van der Waals surface area (Å²) in [6.07, 6.45) is 0.901. The molecule has 0 aliphatic rings. The first kappa shape index (κ1) is 14.2. The van der Waals surface area contributed by atoms with Crippen LogP contribution in [0.3, 0.4) is 0 Å². The normalized spacial score (nSPS) is 11.6. The minimum atomic E-state index is -1.43. The molecule has 1 heterocycles. The highest BCUT2D eigenvalue weighted by Gasteiger charge is 2.16. The zero-order chi connectivity index (χ0) is 14.0. The molecule has 0 radical (unpaired) electrons. The third-order valence-corrected chi connectivity index (χ3v) is 3.58. The molecule has 6 heteroatoms. The van der Waals surface area contributed by atoms with Gasteiger partial charge >= 0.3 is 7.12 Å². The van der Waals surface area contributed by atoms with Crippen molar-refractivity contribution < 1.29 is 10.0 Å². The van der Waals surface area contributed by atoms with Crippen molar-refractivity contribution in [3.05, 3.63) is 29.3 Å². The molecule has 0 fully saturated rings. The standard InChI is InChI=1S/C13H17BN2O2S/c1-13(2,3)8-11-15-16-12(19-11)9-4-6-10(7-5-9)14(17)18/h4-7,17-18H,8H2,1-3H3. The largest absolute Gasteiger partial charge is 0.488 e. The Bertz CT molecular complexity index is 547. The second-order valence-corrected chi connectivity index (χ2v) is 6.80. The lowest BCUT2D eigenvalue weighted by Crippen LogP contribution is -2.29. The maximum Gasteiger partial charge on any atom is 0.488 e. The molecule has 0 saturated carbocycles. The summed E-state index contributed by atoms with van der Waals surface area (Å²) in [7, 11) is -1.43. The molecule has 0 atom stereocenters. The van der Waals surface area contributed by atoms with Gasteiger partial charge in [-0.25, -0.2) is 0 Å². The first-order valence-corrected chi connectivity index (χ1v) is 6.96. The summed E-state index contributed by atoms with van der Waals surface area (Å²) in [6, 6.07) is 7.03. The minimum absolute atomic E-state index is 0.196. The highest BCUT2D eigenvalue weighted by molar-refractivity contribution is 7.14. The van der Waals surface area contributed by atoms with Crippen LogP contribution in [0.25, 0.3) is 10.6 Å². The van der Waals surface area contributed by atoms with Crippen LogP contribution >= 0.6 is 11.3 Å². The fourth-order valence-electron chi connectivity index (χ4n) is 1.69. The Hall–Kier alpha value is -1.24. The third-order valence-electron chi connectivity index (χ3n) is 2.60. The van der Waals surface area contributed by atoms with E-state index in [0.717, 1.165) is 22.0 Å². The summed E-state index contributed by atoms with van der Waals surface area (Å²) in [6.45, 7) is 6.52. The molecular weight excluding hydrogens is 259 g/mol. The molecule has 0 bridgehead atoms. The summed E-state index contributed by atoms with van der Waals surface area (Å²) in [5, 5.41) is 28.4. The number of hydrogen-bond donors (Lipinski definition) is 2. The molecule has 1 aromatic heterocycles. The number of benzene rings is 1. The Labute approximate surface area is 117 Å². The van der Waals surface area contributed by atoms with Crippen LogP contribution in [0.5, 0.6) is 0 Å². The lowest BCUT2D eigenvalue weighted by molar-refractivity contribution is 0.409. The lowest BCUT2D eigenvalue weighted by Gasteiger charge is -2.14. The fraction of sp³-hybridized carbons (Fsp3) is 0.385. The van der Waals surface area contributed by atoms with Gasteiger partial charge in [-0.3, -0.25) is 0 Å². The second-order valence-electron chi connectivity index (χ2n) is 5.73. The quantitative estimate of drug-likeness (QED) is 0.833. The van der Waals surface area contributed by atoms with Crippen LogP contribution in [0, 0.1) is 5.41 Å². The van der Waals surface area contributed by atoms with E-state index in [0.29, 0.717) is 5.46 Å². The van der Waals surface area contributed by atoms with E-state index in [4.69, 9.17) is 10.0 Å². The molecule has 0 amide bonds. The third kappa shape index (κ3) is 3.86. The highest BCUT2D eigenvalue weighted by Crippen LogP contribution is 2.27. The van der Waals surface area contributed by atoms with Crippen LogP contribution in [0.15, 0.2) is 24.3 Å². The average Bonchev–Trinajstić information content (AvgIpc) is 2.75. The van der Waals surface area contributed by atoms with Gasteiger partial charge in [-0.05, 0) is 10.9 Å². The maximum atomic E-state index is 9.05. The second kappa shape index (κ2) is 5.40. The molecule has 0 aliphatic carbocycles. The Morgan fingerprint density at radius 3 is 2.26 bits per heavy atom. The van der Waals surface area contributed by atoms with Gasteiger partial charge in [-0.1, -0.05) is 56.4 Å². The number of rotatable bonds is 3. The Kier molecular flexibility index (Phi) is 4.03. The number of nitrogens with zero attached hydrogens (tertiary/aromatic N) is 2. The van der Waals surface area contributed by atoms with Crippen molar-refractivity contribution in [3.8, 4) is 10.6 Å². The van der Waals surface area contributed by atoms with Gasteiger partial charge in [0.25, 0.3) is 0 Å². The monoisotopic (exact) mass is 276 g/mol. The summed E-state index contributed by atoms with van der Waals surface area (Å²) in [4.78, 5) is 0. The maximum absolute atomic E-state index is 9.05. The van der Waals surface area contributed by atoms with E-state index in [1.54, 1.807) is 23.5 Å². The summed E-state index contributed by atoms with van der Waals surface area (Å²) in [5.41, 5.74) is 1.62. The smallest absolute Gasteiger partial charge is 0.423 e. The first-order chi connectivity index (χ1) is 8.85. The molecule has 2 N–H and O–H groups in total. The van der Waals surface area contributed by atoms with Crippen LogP contribution in [-0.2, 0) is 6.42 Å². The topological polar surface area (TPSA) is 66.2 Å². The molecule has 100 valence electrons. The van der Waals surface area contributed by atoms with Crippen molar-refractivity contribution in [3.63, 3.8) is 0 Å². The van der Waals surface area contributed by atoms with Gasteiger partial charge in [0.05, 0.1) is 0 Å². The molecule has 0 aliphatic heterocycles. The van der Waals surface area contributed by atoms with Crippen molar-refractivity contribution in [2.75, 3.05) is 0 Å². The predicted octanol–water partition coefficient (Wildman–Crippen LogP) is 1.47. The van der Waals surface area contributed by atoms with Crippen LogP contribution in [0.4, 0.5) is 0 Å². The molecule has 2 aromatic rings. The Morgan fingerprint density at radius 2 is 1.74 bits per heavy atom. The summed E-state index contributed by atoms with van der Waals surface area (Å²) < 4.78 is 0. The van der Waals surface area contributed by atoms with Crippen LogP contribution in [0.2, 0.25) is 0 Å². The van der Waals surface area contributed by atoms with E-state index < -0.39 is 7.12 Å². The summed E-state index contributed by atoms with van der Waals surface area (Å²) >= 11 is 1.58. The molecule has 19 heavy (non-hydrogen) atoms. The molecule has 0 unspecified atom stereocenters. The van der Waals surface area contributed by atoms with Crippen molar-refractivity contribution in [1.29, 1.82) is 0 Å². The first-order valence-electron chi connectivity index (χ1n) is 6.14. The van der Waals surface area contributed by atoms with Crippen molar-refractivity contribution >= 4 is 23.9 Å². The van der Waals surface area contributed by atoms with Crippen molar-refractivity contribution in [2.45, 2.75) is 27.2 Å². The lowest BCUT2D eigenvalue weighted by atomic mass is 9.80. The van der Waals surface area contributed by atoms with Crippen molar-refractivity contribution in [1.82, 2.24) is 10.2 Å². The van der Waals surface area contributed by atoms with E-state index in [-0.39, 0.29) is 5.41 Å². The van der Waals surface area contributed by atoms with Crippen molar-refractivity contribution in [2.24, 2.45) is 5.41 Å². The van der Waals surface area contributed by atoms with Gasteiger partial charge in [-0.15, -0.1) is 10.2 Å². The summed E-state index contributed by atoms with van der Waals surface area (Å²) in [5.74, 6) is 0. The van der Waals surface area contributed by atoms with Crippen LogP contribution < -0.4 is 5.46 Å². The zero-order valence-corrected chi connectivity index (χ0v) is 12.1. The van der Waals surface area contributed by atoms with Crippen LogP contribution in [0.1, 0.15) is 25.8 Å². The van der Waals surface area contributed by atoms with Gasteiger partial charge < -0.3 is 10.0 Å². The number of aromatic nitrogens is 2. The Balaban J connectivity index is 2.18. The molecule has 0 spiro atoms. The van der Waals surface area contributed by atoms with Crippen LogP contribution in [-0.4, -0.2) is 27.4 Å². The molecular formula is C13H17BN2O2S. The average molecular weight is 276 g/mol. The predicted molar refractivity (Wildman–Crippen MR) is 78.3 cm³/mol.